The smallest absolute Gasteiger partial charge is 0.0485 e. The maximum atomic E-state index is 3.95. The van der Waals surface area contributed by atoms with Crippen molar-refractivity contribution in [3.05, 3.63) is 176 Å². The number of aromatic amines is 1. The van der Waals surface area contributed by atoms with E-state index in [4.69, 9.17) is 0 Å². The van der Waals surface area contributed by atoms with Gasteiger partial charge in [-0.3, -0.25) is 0 Å². The summed E-state index contributed by atoms with van der Waals surface area (Å²) >= 11 is 0. The second kappa shape index (κ2) is 14.4. The molecule has 210 valence electrons. The molecule has 0 saturated carbocycles. The minimum absolute atomic E-state index is 1.01. The van der Waals surface area contributed by atoms with Crippen molar-refractivity contribution < 1.29 is 0 Å². The molecule has 0 spiro atoms. The van der Waals surface area contributed by atoms with Crippen LogP contribution >= 0.6 is 0 Å². The van der Waals surface area contributed by atoms with E-state index in [2.05, 4.69) is 119 Å². The van der Waals surface area contributed by atoms with Gasteiger partial charge in [-0.2, -0.15) is 0 Å². The molecule has 0 aliphatic heterocycles. The summed E-state index contributed by atoms with van der Waals surface area (Å²) in [6.45, 7) is 17.8. The fourth-order valence-electron chi connectivity index (χ4n) is 5.09. The van der Waals surface area contributed by atoms with Gasteiger partial charge in [0.25, 0.3) is 0 Å². The Morgan fingerprint density at radius 1 is 0.619 bits per heavy atom. The van der Waals surface area contributed by atoms with E-state index in [1.807, 2.05) is 69.4 Å². The Bertz CT molecular complexity index is 1750. The van der Waals surface area contributed by atoms with Gasteiger partial charge in [0.1, 0.15) is 0 Å². The molecule has 3 nitrogen and oxygen atoms in total. The van der Waals surface area contributed by atoms with Gasteiger partial charge in [-0.05, 0) is 87.5 Å². The van der Waals surface area contributed by atoms with E-state index < -0.39 is 0 Å². The monoisotopic (exact) mass is 549 g/mol. The lowest BCUT2D eigenvalue weighted by Gasteiger charge is -2.27. The number of hydrogen-bond acceptors (Lipinski definition) is 2. The van der Waals surface area contributed by atoms with Crippen LogP contribution in [0.2, 0.25) is 0 Å². The number of hydrogen-bond donors (Lipinski definition) is 1. The van der Waals surface area contributed by atoms with Gasteiger partial charge in [-0.15, -0.1) is 0 Å². The summed E-state index contributed by atoms with van der Waals surface area (Å²) in [4.78, 5) is 8.17. The van der Waals surface area contributed by atoms with Crippen LogP contribution in [0.3, 0.4) is 0 Å². The first kappa shape index (κ1) is 29.7. The topological polar surface area (TPSA) is 22.3 Å². The second-order valence-corrected chi connectivity index (χ2v) is 9.55. The normalized spacial score (nSPS) is 13.1. The maximum absolute atomic E-state index is 3.95. The van der Waals surface area contributed by atoms with Crippen LogP contribution in [0.15, 0.2) is 176 Å². The number of H-pyrrole nitrogens is 1. The number of nitrogens with one attached hydrogen (secondary N) is 1. The van der Waals surface area contributed by atoms with Crippen molar-refractivity contribution in [3.8, 4) is 0 Å². The number of allylic oxidation sites excluding steroid dienone is 12. The third-order valence-corrected chi connectivity index (χ3v) is 6.82. The van der Waals surface area contributed by atoms with Gasteiger partial charge in [0.05, 0.1) is 0 Å². The first-order valence-electron chi connectivity index (χ1n) is 14.2. The van der Waals surface area contributed by atoms with Crippen LogP contribution in [-0.2, 0) is 0 Å². The quantitative estimate of drug-likeness (QED) is 0.178. The molecule has 0 bridgehead atoms. The molecule has 3 heteroatoms. The summed E-state index contributed by atoms with van der Waals surface area (Å²) in [7, 11) is 0. The van der Waals surface area contributed by atoms with E-state index >= 15 is 0 Å². The van der Waals surface area contributed by atoms with Gasteiger partial charge in [0, 0.05) is 56.0 Å². The predicted octanol–water partition coefficient (Wildman–Crippen LogP) is 11.2. The minimum Gasteiger partial charge on any atom is -0.354 e. The van der Waals surface area contributed by atoms with Crippen LogP contribution in [0.4, 0.5) is 17.1 Å². The van der Waals surface area contributed by atoms with Gasteiger partial charge >= 0.3 is 0 Å². The van der Waals surface area contributed by atoms with Crippen LogP contribution in [0.5, 0.6) is 0 Å². The van der Waals surface area contributed by atoms with E-state index in [0.29, 0.717) is 0 Å². The zero-order valence-electron chi connectivity index (χ0n) is 24.8. The number of anilines is 3. The van der Waals surface area contributed by atoms with E-state index in [9.17, 15) is 0 Å². The molecule has 4 aromatic rings. The molecule has 4 rings (SSSR count). The van der Waals surface area contributed by atoms with Crippen LogP contribution in [0, 0.1) is 0 Å². The molecule has 0 aliphatic carbocycles. The Balaban J connectivity index is 1.89. The summed E-state index contributed by atoms with van der Waals surface area (Å²) in [5.41, 5.74) is 8.38. The Morgan fingerprint density at radius 2 is 1.21 bits per heavy atom. The molecule has 0 fully saturated rings. The van der Waals surface area contributed by atoms with Crippen molar-refractivity contribution in [2.24, 2.45) is 0 Å². The minimum atomic E-state index is 1.01. The van der Waals surface area contributed by atoms with Crippen molar-refractivity contribution in [1.82, 2.24) is 4.98 Å². The first-order valence-corrected chi connectivity index (χ1v) is 14.2. The van der Waals surface area contributed by atoms with E-state index in [-0.39, 0.29) is 0 Å². The zero-order valence-corrected chi connectivity index (χ0v) is 24.8. The molecule has 1 N–H and O–H groups in total. The Kier molecular flexibility index (Phi) is 10.2. The third-order valence-electron chi connectivity index (χ3n) is 6.82. The Hall–Kier alpha value is -5.28. The predicted molar refractivity (Wildman–Crippen MR) is 186 cm³/mol. The van der Waals surface area contributed by atoms with Gasteiger partial charge < -0.3 is 14.8 Å². The zero-order chi connectivity index (χ0) is 29.9. The standard InChI is InChI=1S/C39H39N3/c1-7-13-21-30(12-6)41(31(17-8-2)18-9-3)34-24-26-36-37-27-25-35(29-39(37)40-38(36)28-34)42(32(19-10-4)20-11-5)33-22-15-14-16-23-33/h7-29,40H,1-2,4H2,3,5-6H3/b18-9-,20-11-,21-13-,30-12+,31-17+,32-19+. The van der Waals surface area contributed by atoms with Crippen molar-refractivity contribution in [2.75, 3.05) is 9.80 Å². The van der Waals surface area contributed by atoms with E-state index in [1.54, 1.807) is 6.08 Å². The van der Waals surface area contributed by atoms with Gasteiger partial charge in [-0.25, -0.2) is 0 Å². The van der Waals surface area contributed by atoms with Gasteiger partial charge in [0.2, 0.25) is 0 Å². The highest BCUT2D eigenvalue weighted by Gasteiger charge is 2.17. The van der Waals surface area contributed by atoms with E-state index in [1.165, 1.54) is 10.8 Å². The highest BCUT2D eigenvalue weighted by Crippen LogP contribution is 2.37. The molecule has 0 amide bonds. The summed E-state index contributed by atoms with van der Waals surface area (Å²) in [6.07, 6.45) is 23.9. The van der Waals surface area contributed by atoms with Crippen LogP contribution < -0.4 is 9.80 Å². The Labute approximate surface area is 250 Å². The van der Waals surface area contributed by atoms with E-state index in [0.717, 1.165) is 45.2 Å². The molecule has 42 heavy (non-hydrogen) atoms. The average molecular weight is 550 g/mol. The highest BCUT2D eigenvalue weighted by atomic mass is 15.2. The number of fused-ring (bicyclic) bond motifs is 3. The summed E-state index contributed by atoms with van der Waals surface area (Å²) in [5.74, 6) is 0. The maximum Gasteiger partial charge on any atom is 0.0485 e. The molecule has 0 unspecified atom stereocenters. The lowest BCUT2D eigenvalue weighted by Crippen LogP contribution is -2.19. The van der Waals surface area contributed by atoms with Crippen LogP contribution in [0.1, 0.15) is 20.8 Å². The fourth-order valence-corrected chi connectivity index (χ4v) is 5.09. The van der Waals surface area contributed by atoms with Gasteiger partial charge in [-0.1, -0.05) is 92.6 Å². The lowest BCUT2D eigenvalue weighted by molar-refractivity contribution is 1.14. The molecule has 1 heterocycles. The average Bonchev–Trinajstić information content (AvgIpc) is 3.37. The van der Waals surface area contributed by atoms with Crippen LogP contribution in [-0.4, -0.2) is 4.98 Å². The van der Waals surface area contributed by atoms with Crippen molar-refractivity contribution in [1.29, 1.82) is 0 Å². The third kappa shape index (κ3) is 6.37. The van der Waals surface area contributed by atoms with Crippen molar-refractivity contribution in [2.45, 2.75) is 20.8 Å². The lowest BCUT2D eigenvalue weighted by atomic mass is 10.1. The van der Waals surface area contributed by atoms with Gasteiger partial charge in [0.15, 0.2) is 0 Å². The largest absolute Gasteiger partial charge is 0.354 e. The summed E-state index contributed by atoms with van der Waals surface area (Å²) in [5, 5.41) is 2.35. The molecule has 0 atom stereocenters. The van der Waals surface area contributed by atoms with Crippen molar-refractivity contribution in [3.63, 3.8) is 0 Å². The molecular formula is C39H39N3. The molecule has 0 saturated heterocycles. The summed E-state index contributed by atoms with van der Waals surface area (Å²) < 4.78 is 0. The second-order valence-electron chi connectivity index (χ2n) is 9.55. The Morgan fingerprint density at radius 3 is 1.81 bits per heavy atom. The number of nitrogens with zero attached hydrogens (tertiary/aromatic N) is 2. The fraction of sp³-hybridized carbons (Fsp3) is 0.0769. The number of aromatic nitrogens is 1. The molecule has 0 aliphatic rings. The first-order chi connectivity index (χ1) is 20.6. The SMILES string of the molecule is C=C/C=C\C(=C/C)N(C(/C=C\C)=C/C=C)c1ccc2c(c1)[nH]c1cc(N(C(/C=C\C)=C/C=C)c3ccccc3)ccc12. The number of benzene rings is 3. The molecule has 3 aromatic carbocycles. The molecule has 0 radical (unpaired) electrons. The summed E-state index contributed by atoms with van der Waals surface area (Å²) in [6, 6.07) is 23.6. The number of rotatable bonds is 12. The number of para-hydroxylation sites is 1. The highest BCUT2D eigenvalue weighted by molar-refractivity contribution is 6.09. The molecule has 1 aromatic heterocycles. The van der Waals surface area contributed by atoms with Crippen LogP contribution in [0.25, 0.3) is 21.8 Å². The molecular weight excluding hydrogens is 510 g/mol. The van der Waals surface area contributed by atoms with Crippen molar-refractivity contribution >= 4 is 38.9 Å².